The normalized spacial score (nSPS) is 15.1. The number of nitrogens with zero attached hydrogens (tertiary/aromatic N) is 2. The summed E-state index contributed by atoms with van der Waals surface area (Å²) in [5, 5.41) is 3.02. The summed E-state index contributed by atoms with van der Waals surface area (Å²) in [5.41, 5.74) is 2.40. The number of aryl methyl sites for hydroxylation is 1. The van der Waals surface area contributed by atoms with Gasteiger partial charge in [0.25, 0.3) is 5.91 Å². The van der Waals surface area contributed by atoms with Gasteiger partial charge in [0.1, 0.15) is 11.3 Å². The van der Waals surface area contributed by atoms with Crippen LogP contribution in [0, 0.1) is 0 Å². The van der Waals surface area contributed by atoms with Crippen LogP contribution in [-0.4, -0.2) is 21.3 Å². The molecular formula is C13H15N3O. The maximum atomic E-state index is 12.2. The zero-order valence-corrected chi connectivity index (χ0v) is 9.81. The maximum absolute atomic E-state index is 12.2. The van der Waals surface area contributed by atoms with E-state index >= 15 is 0 Å². The summed E-state index contributed by atoms with van der Waals surface area (Å²) in [6, 6.07) is 6.15. The van der Waals surface area contributed by atoms with Crippen LogP contribution in [0.15, 0.2) is 24.4 Å². The molecule has 17 heavy (non-hydrogen) atoms. The zero-order chi connectivity index (χ0) is 11.8. The molecule has 1 amide bonds. The predicted octanol–water partition coefficient (Wildman–Crippen LogP) is 1.79. The van der Waals surface area contributed by atoms with Crippen LogP contribution in [0.25, 0.3) is 5.65 Å². The standard InChI is InChI=1S/C13H15N3O/c1-2-10-12(13(17)14-9-6-7-9)16-8-4-3-5-11(16)15-10/h3-5,8-9H,2,6-7H2,1H3,(H,14,17). The van der Waals surface area contributed by atoms with Gasteiger partial charge in [0.2, 0.25) is 0 Å². The van der Waals surface area contributed by atoms with Crippen molar-refractivity contribution < 1.29 is 4.79 Å². The molecule has 0 atom stereocenters. The molecule has 0 radical (unpaired) electrons. The third-order valence-corrected chi connectivity index (χ3v) is 3.06. The summed E-state index contributed by atoms with van der Waals surface area (Å²) < 4.78 is 1.87. The number of nitrogens with one attached hydrogen (secondary N) is 1. The second kappa shape index (κ2) is 3.87. The van der Waals surface area contributed by atoms with Crippen molar-refractivity contribution in [1.82, 2.24) is 14.7 Å². The molecule has 0 aromatic carbocycles. The van der Waals surface area contributed by atoms with E-state index in [0.717, 1.165) is 30.6 Å². The van der Waals surface area contributed by atoms with Crippen molar-refractivity contribution >= 4 is 11.6 Å². The molecule has 1 fully saturated rings. The van der Waals surface area contributed by atoms with Gasteiger partial charge in [-0.15, -0.1) is 0 Å². The fourth-order valence-electron chi connectivity index (χ4n) is 2.01. The zero-order valence-electron chi connectivity index (χ0n) is 9.81. The van der Waals surface area contributed by atoms with Crippen molar-refractivity contribution in [3.8, 4) is 0 Å². The van der Waals surface area contributed by atoms with Gasteiger partial charge in [0, 0.05) is 12.2 Å². The second-order valence-corrected chi connectivity index (χ2v) is 4.44. The summed E-state index contributed by atoms with van der Waals surface area (Å²) in [7, 11) is 0. The summed E-state index contributed by atoms with van der Waals surface area (Å²) in [6.07, 6.45) is 4.87. The first kappa shape index (κ1) is 10.3. The van der Waals surface area contributed by atoms with Crippen LogP contribution in [0.2, 0.25) is 0 Å². The summed E-state index contributed by atoms with van der Waals surface area (Å²) in [4.78, 5) is 16.7. The number of hydrogen-bond donors (Lipinski definition) is 1. The van der Waals surface area contributed by atoms with Crippen molar-refractivity contribution in [3.63, 3.8) is 0 Å². The Morgan fingerprint density at radius 3 is 3.06 bits per heavy atom. The molecule has 2 aromatic rings. The Kier molecular flexibility index (Phi) is 2.35. The highest BCUT2D eigenvalue weighted by Gasteiger charge is 2.26. The smallest absolute Gasteiger partial charge is 0.270 e. The molecule has 2 aromatic heterocycles. The lowest BCUT2D eigenvalue weighted by atomic mass is 10.2. The molecule has 3 rings (SSSR count). The van der Waals surface area contributed by atoms with Crippen molar-refractivity contribution in [3.05, 3.63) is 35.8 Å². The molecule has 1 saturated carbocycles. The van der Waals surface area contributed by atoms with Crippen LogP contribution < -0.4 is 5.32 Å². The Balaban J connectivity index is 2.07. The van der Waals surface area contributed by atoms with Gasteiger partial charge in [-0.3, -0.25) is 9.20 Å². The Labute approximate surface area is 99.7 Å². The SMILES string of the molecule is CCc1nc2ccccn2c1C(=O)NC1CC1. The Bertz CT molecular complexity index is 569. The number of amides is 1. The van der Waals surface area contributed by atoms with Gasteiger partial charge >= 0.3 is 0 Å². The summed E-state index contributed by atoms with van der Waals surface area (Å²) >= 11 is 0. The molecule has 4 heteroatoms. The molecule has 88 valence electrons. The van der Waals surface area contributed by atoms with E-state index < -0.39 is 0 Å². The van der Waals surface area contributed by atoms with Crippen LogP contribution in [0.4, 0.5) is 0 Å². The minimum atomic E-state index is 0.00282. The summed E-state index contributed by atoms with van der Waals surface area (Å²) in [6.45, 7) is 2.02. The van der Waals surface area contributed by atoms with Crippen molar-refractivity contribution in [2.24, 2.45) is 0 Å². The third kappa shape index (κ3) is 1.79. The highest BCUT2D eigenvalue weighted by molar-refractivity contribution is 5.95. The number of carbonyl (C=O) groups excluding carboxylic acids is 1. The van der Waals surface area contributed by atoms with Gasteiger partial charge in [-0.05, 0) is 31.4 Å². The molecule has 1 aliphatic carbocycles. The van der Waals surface area contributed by atoms with Gasteiger partial charge in [-0.1, -0.05) is 13.0 Å². The second-order valence-electron chi connectivity index (χ2n) is 4.44. The van der Waals surface area contributed by atoms with Gasteiger partial charge in [-0.25, -0.2) is 4.98 Å². The van der Waals surface area contributed by atoms with E-state index in [1.54, 1.807) is 0 Å². The molecule has 0 saturated heterocycles. The number of pyridine rings is 1. The molecule has 1 aliphatic rings. The first-order valence-corrected chi connectivity index (χ1v) is 6.06. The average Bonchev–Trinajstić information content (AvgIpc) is 3.06. The molecular weight excluding hydrogens is 214 g/mol. The fraction of sp³-hybridized carbons (Fsp3) is 0.385. The number of fused-ring (bicyclic) bond motifs is 1. The van der Waals surface area contributed by atoms with Crippen molar-refractivity contribution in [1.29, 1.82) is 0 Å². The van der Waals surface area contributed by atoms with E-state index in [9.17, 15) is 4.79 Å². The quantitative estimate of drug-likeness (QED) is 0.872. The molecule has 0 unspecified atom stereocenters. The Hall–Kier alpha value is -1.84. The average molecular weight is 229 g/mol. The lowest BCUT2D eigenvalue weighted by Gasteiger charge is -2.04. The Morgan fingerprint density at radius 1 is 1.53 bits per heavy atom. The predicted molar refractivity (Wildman–Crippen MR) is 65.1 cm³/mol. The highest BCUT2D eigenvalue weighted by atomic mass is 16.2. The number of hydrogen-bond acceptors (Lipinski definition) is 2. The van der Waals surface area contributed by atoms with Crippen LogP contribution >= 0.6 is 0 Å². The number of aromatic nitrogens is 2. The van der Waals surface area contributed by atoms with Crippen LogP contribution in [0.5, 0.6) is 0 Å². The van der Waals surface area contributed by atoms with E-state index in [1.807, 2.05) is 35.7 Å². The van der Waals surface area contributed by atoms with Gasteiger partial charge in [0.15, 0.2) is 0 Å². The molecule has 4 nitrogen and oxygen atoms in total. The van der Waals surface area contributed by atoms with E-state index in [4.69, 9.17) is 0 Å². The first-order chi connectivity index (χ1) is 8.29. The lowest BCUT2D eigenvalue weighted by molar-refractivity contribution is 0.0944. The molecule has 2 heterocycles. The van der Waals surface area contributed by atoms with E-state index in [2.05, 4.69) is 10.3 Å². The van der Waals surface area contributed by atoms with Crippen molar-refractivity contribution in [2.45, 2.75) is 32.2 Å². The van der Waals surface area contributed by atoms with E-state index in [0.29, 0.717) is 11.7 Å². The Morgan fingerprint density at radius 2 is 2.35 bits per heavy atom. The van der Waals surface area contributed by atoms with Crippen molar-refractivity contribution in [2.75, 3.05) is 0 Å². The maximum Gasteiger partial charge on any atom is 0.270 e. The number of imidazole rings is 1. The number of carbonyl (C=O) groups is 1. The number of rotatable bonds is 3. The highest BCUT2D eigenvalue weighted by Crippen LogP contribution is 2.20. The van der Waals surface area contributed by atoms with Crippen LogP contribution in [0.1, 0.15) is 35.9 Å². The summed E-state index contributed by atoms with van der Waals surface area (Å²) in [5.74, 6) is 0.00282. The molecule has 0 aliphatic heterocycles. The van der Waals surface area contributed by atoms with Gasteiger partial charge in [-0.2, -0.15) is 0 Å². The largest absolute Gasteiger partial charge is 0.348 e. The fourth-order valence-corrected chi connectivity index (χ4v) is 2.01. The van der Waals surface area contributed by atoms with E-state index in [-0.39, 0.29) is 5.91 Å². The minimum absolute atomic E-state index is 0.00282. The first-order valence-electron chi connectivity index (χ1n) is 6.06. The minimum Gasteiger partial charge on any atom is -0.348 e. The lowest BCUT2D eigenvalue weighted by Crippen LogP contribution is -2.27. The van der Waals surface area contributed by atoms with Crippen LogP contribution in [0.3, 0.4) is 0 Å². The van der Waals surface area contributed by atoms with Gasteiger partial charge < -0.3 is 5.32 Å². The van der Waals surface area contributed by atoms with Crippen LogP contribution in [-0.2, 0) is 6.42 Å². The van der Waals surface area contributed by atoms with Gasteiger partial charge in [0.05, 0.1) is 5.69 Å². The third-order valence-electron chi connectivity index (χ3n) is 3.06. The molecule has 0 bridgehead atoms. The molecule has 0 spiro atoms. The monoisotopic (exact) mass is 229 g/mol. The molecule has 1 N–H and O–H groups in total. The topological polar surface area (TPSA) is 46.4 Å². The van der Waals surface area contributed by atoms with E-state index in [1.165, 1.54) is 0 Å².